The summed E-state index contributed by atoms with van der Waals surface area (Å²) in [7, 11) is 0. The van der Waals surface area contributed by atoms with E-state index in [9.17, 15) is 0 Å². The molecule has 8 heteroatoms. The van der Waals surface area contributed by atoms with Crippen LogP contribution in [0.5, 0.6) is 0 Å². The normalized spacial score (nSPS) is 11.3. The zero-order valence-electron chi connectivity index (χ0n) is 32.8. The number of benzene rings is 8. The number of nitrogens with zero attached hydrogens (tertiary/aromatic N) is 5. The van der Waals surface area contributed by atoms with Crippen LogP contribution in [-0.2, 0) is 6.42 Å². The van der Waals surface area contributed by atoms with Gasteiger partial charge in [-0.25, -0.2) is 0 Å². The molecule has 0 unspecified atom stereocenters. The lowest BCUT2D eigenvalue weighted by Gasteiger charge is -2.08. The Balaban J connectivity index is 0.000000121. The third kappa shape index (κ3) is 7.80. The van der Waals surface area contributed by atoms with Crippen LogP contribution in [0.25, 0.3) is 84.3 Å². The van der Waals surface area contributed by atoms with Crippen LogP contribution in [-0.4, -0.2) is 24.8 Å². The molecule has 1 aliphatic carbocycles. The van der Waals surface area contributed by atoms with Crippen LogP contribution in [0.3, 0.4) is 0 Å². The van der Waals surface area contributed by atoms with E-state index in [1.807, 2.05) is 97.1 Å². The molecule has 11 aromatic rings. The predicted molar refractivity (Wildman–Crippen MR) is 247 cm³/mol. The Morgan fingerprint density at radius 3 is 1.39 bits per heavy atom. The van der Waals surface area contributed by atoms with Crippen molar-refractivity contribution in [3.8, 4) is 62.5 Å². The molecule has 61 heavy (non-hydrogen) atoms. The van der Waals surface area contributed by atoms with Gasteiger partial charge in [0.1, 0.15) is 0 Å². The quantitative estimate of drug-likeness (QED) is 0.171. The van der Waals surface area contributed by atoms with Crippen molar-refractivity contribution < 1.29 is 9.05 Å². The Bertz CT molecular complexity index is 3170. The first-order valence-electron chi connectivity index (χ1n) is 20.0. The third-order valence-electron chi connectivity index (χ3n) is 10.6. The molecule has 8 aromatic carbocycles. The average Bonchev–Trinajstić information content (AvgIpc) is 4.15. The van der Waals surface area contributed by atoms with E-state index in [1.165, 1.54) is 44.1 Å². The molecular weight excluding hydrogens is 819 g/mol. The highest BCUT2D eigenvalue weighted by molar-refractivity contribution is 9.10. The van der Waals surface area contributed by atoms with Gasteiger partial charge in [0.15, 0.2) is 0 Å². The molecule has 0 fully saturated rings. The van der Waals surface area contributed by atoms with Gasteiger partial charge >= 0.3 is 0 Å². The van der Waals surface area contributed by atoms with Crippen molar-refractivity contribution in [1.82, 2.24) is 24.8 Å². The number of rotatable bonds is 5. The second kappa shape index (κ2) is 16.9. The maximum atomic E-state index is 5.58. The average molecular weight is 855 g/mol. The summed E-state index contributed by atoms with van der Waals surface area (Å²) < 4.78 is 14.1. The van der Waals surface area contributed by atoms with E-state index in [-0.39, 0.29) is 0 Å². The minimum absolute atomic E-state index is 0.511. The fourth-order valence-electron chi connectivity index (χ4n) is 7.77. The minimum Gasteiger partial charge on any atom is -0.334 e. The van der Waals surface area contributed by atoms with Crippen molar-refractivity contribution in [3.63, 3.8) is 0 Å². The number of fused-ring (bicyclic) bond motifs is 6. The summed E-state index contributed by atoms with van der Waals surface area (Å²) >= 11 is 3.42. The lowest BCUT2D eigenvalue weighted by molar-refractivity contribution is 0.432. The van der Waals surface area contributed by atoms with Crippen LogP contribution in [0, 0.1) is 0 Å². The van der Waals surface area contributed by atoms with Crippen molar-refractivity contribution in [2.24, 2.45) is 0 Å². The minimum atomic E-state index is 0.511. The molecule has 0 radical (unpaired) electrons. The fraction of sp³-hybridized carbons (Fsp3) is 0.0189. The van der Waals surface area contributed by atoms with Gasteiger partial charge in [-0.15, -0.1) is 0 Å². The molecule has 0 aliphatic heterocycles. The summed E-state index contributed by atoms with van der Waals surface area (Å²) in [5.41, 5.74) is 12.8. The Morgan fingerprint density at radius 1 is 0.410 bits per heavy atom. The maximum Gasteiger partial charge on any atom is 0.258 e. The molecule has 7 nitrogen and oxygen atoms in total. The van der Waals surface area contributed by atoms with Crippen LogP contribution in [0.4, 0.5) is 0 Å². The summed E-state index contributed by atoms with van der Waals surface area (Å²) in [4.78, 5) is 9.00. The van der Waals surface area contributed by atoms with Crippen LogP contribution < -0.4 is 0 Å². The smallest absolute Gasteiger partial charge is 0.258 e. The molecule has 0 saturated heterocycles. The molecule has 3 aromatic heterocycles. The lowest BCUT2D eigenvalue weighted by Crippen LogP contribution is -1.94. The maximum absolute atomic E-state index is 5.58. The Hall–Kier alpha value is -7.68. The largest absolute Gasteiger partial charge is 0.334 e. The summed E-state index contributed by atoms with van der Waals surface area (Å²) in [6, 6.07) is 69.9. The van der Waals surface area contributed by atoms with Gasteiger partial charge in [0.05, 0.1) is 11.0 Å². The van der Waals surface area contributed by atoms with Gasteiger partial charge in [0.2, 0.25) is 11.6 Å². The molecule has 1 aliphatic rings. The van der Waals surface area contributed by atoms with Crippen molar-refractivity contribution in [1.29, 1.82) is 0 Å². The Morgan fingerprint density at radius 2 is 0.852 bits per heavy atom. The van der Waals surface area contributed by atoms with E-state index in [0.717, 1.165) is 38.8 Å². The zero-order valence-corrected chi connectivity index (χ0v) is 34.4. The number of aromatic nitrogens is 5. The summed E-state index contributed by atoms with van der Waals surface area (Å²) in [5, 5.41) is 10.6. The molecule has 0 N–H and O–H groups in total. The van der Waals surface area contributed by atoms with Gasteiger partial charge < -0.3 is 13.6 Å². The standard InChI is InChI=1S/C26H17N3O.C14H9BrN2O.C13H10/c1-2-9-18(10-3-1)25-27-26(30-28-25)19-11-8-12-20(17-19)29-23-15-6-4-13-21(23)22-14-5-7-16-24(22)29;15-12-8-4-7-11(9-12)14-16-13(17-18-14)10-5-2-1-3-6-10;1-3-7-12-10(5-1)9-11-6-2-4-8-13(11)12/h1-17H;1-9H;1-8H,9H2. The SMILES string of the molecule is Brc1cccc(-c2nc(-c3ccccc3)no2)c1.c1ccc(-c2noc(-c3cccc(-n4c5ccccc5c5ccccc54)c3)n2)cc1.c1ccc2c(c1)Cc1ccccc1-2. The second-order valence-electron chi connectivity index (χ2n) is 14.5. The van der Waals surface area contributed by atoms with Crippen LogP contribution in [0.15, 0.2) is 220 Å². The number of halogens is 1. The second-order valence-corrected chi connectivity index (χ2v) is 15.4. The molecule has 0 atom stereocenters. The number of para-hydroxylation sites is 2. The van der Waals surface area contributed by atoms with Gasteiger partial charge in [-0.2, -0.15) is 9.97 Å². The van der Waals surface area contributed by atoms with Crippen LogP contribution in [0.2, 0.25) is 0 Å². The molecule has 0 saturated carbocycles. The third-order valence-corrected chi connectivity index (χ3v) is 11.1. The predicted octanol–water partition coefficient (Wildman–Crippen LogP) is 13.9. The molecule has 0 amide bonds. The van der Waals surface area contributed by atoms with Crippen LogP contribution >= 0.6 is 15.9 Å². The zero-order chi connectivity index (χ0) is 41.0. The summed E-state index contributed by atoms with van der Waals surface area (Å²) in [5.74, 6) is 2.23. The van der Waals surface area contributed by atoms with Gasteiger partial charge in [0, 0.05) is 43.2 Å². The highest BCUT2D eigenvalue weighted by Gasteiger charge is 2.17. The van der Waals surface area contributed by atoms with E-state index < -0.39 is 0 Å². The monoisotopic (exact) mass is 853 g/mol. The Kier molecular flexibility index (Phi) is 10.4. The number of hydrogen-bond donors (Lipinski definition) is 0. The summed E-state index contributed by atoms with van der Waals surface area (Å²) in [6.07, 6.45) is 1.10. The molecule has 292 valence electrons. The van der Waals surface area contributed by atoms with Crippen molar-refractivity contribution >= 4 is 37.7 Å². The van der Waals surface area contributed by atoms with E-state index in [0.29, 0.717) is 23.4 Å². The molecule has 0 bridgehead atoms. The van der Waals surface area contributed by atoms with Crippen LogP contribution in [0.1, 0.15) is 11.1 Å². The topological polar surface area (TPSA) is 82.8 Å². The first-order chi connectivity index (χ1) is 30.2. The van der Waals surface area contributed by atoms with Gasteiger partial charge in [-0.05, 0) is 77.2 Å². The highest BCUT2D eigenvalue weighted by Crippen LogP contribution is 2.36. The van der Waals surface area contributed by atoms with Crippen molar-refractivity contribution in [2.75, 3.05) is 0 Å². The van der Waals surface area contributed by atoms with Crippen molar-refractivity contribution in [2.45, 2.75) is 6.42 Å². The van der Waals surface area contributed by atoms with E-state index in [2.05, 4.69) is 150 Å². The molecule has 3 heterocycles. The van der Waals surface area contributed by atoms with Gasteiger partial charge in [0.25, 0.3) is 11.8 Å². The fourth-order valence-corrected chi connectivity index (χ4v) is 8.17. The van der Waals surface area contributed by atoms with Crippen molar-refractivity contribution in [3.05, 3.63) is 222 Å². The first-order valence-corrected chi connectivity index (χ1v) is 20.7. The van der Waals surface area contributed by atoms with E-state index in [1.54, 1.807) is 0 Å². The van der Waals surface area contributed by atoms with E-state index in [4.69, 9.17) is 9.05 Å². The van der Waals surface area contributed by atoms with Gasteiger partial charge in [-0.1, -0.05) is 184 Å². The van der Waals surface area contributed by atoms with E-state index >= 15 is 0 Å². The molecule has 0 spiro atoms. The lowest BCUT2D eigenvalue weighted by atomic mass is 10.1. The highest BCUT2D eigenvalue weighted by atomic mass is 79.9. The Labute approximate surface area is 360 Å². The number of hydrogen-bond acceptors (Lipinski definition) is 6. The van der Waals surface area contributed by atoms with Gasteiger partial charge in [-0.3, -0.25) is 0 Å². The molecular formula is C53H36BrN5O2. The molecule has 12 rings (SSSR count). The summed E-state index contributed by atoms with van der Waals surface area (Å²) in [6.45, 7) is 0. The first kappa shape index (κ1) is 37.6.